The molecule has 0 saturated heterocycles. The predicted molar refractivity (Wildman–Crippen MR) is 117 cm³/mol. The molecule has 0 spiro atoms. The van der Waals surface area contributed by atoms with Crippen molar-refractivity contribution in [3.05, 3.63) is 78.1 Å². The number of amides is 1. The molecule has 1 aliphatic carbocycles. The molecule has 4 heteroatoms. The van der Waals surface area contributed by atoms with E-state index in [1.54, 1.807) is 0 Å². The first-order valence-corrected chi connectivity index (χ1v) is 10.5. The Morgan fingerprint density at radius 3 is 2.62 bits per heavy atom. The van der Waals surface area contributed by atoms with Gasteiger partial charge in [0.15, 0.2) is 0 Å². The monoisotopic (exact) mass is 383 g/mol. The number of aromatic nitrogens is 2. The molecule has 1 heterocycles. The predicted octanol–water partition coefficient (Wildman–Crippen LogP) is 4.84. The molecule has 1 aliphatic rings. The van der Waals surface area contributed by atoms with E-state index in [0.717, 1.165) is 29.7 Å². The minimum absolute atomic E-state index is 0.0826. The van der Waals surface area contributed by atoms with Crippen molar-refractivity contribution in [2.45, 2.75) is 44.7 Å². The standard InChI is InChI=1S/C25H25N3O/c29-25(26-20-11-2-3-12-20)17-28-23-15-6-5-14-22(23)27-24(28)16-19-10-7-9-18-8-1-4-13-21(18)19/h1,4-10,13-15,20H,2-3,11-12,16-17H2,(H,26,29). The smallest absolute Gasteiger partial charge is 0.240 e. The lowest BCUT2D eigenvalue weighted by molar-refractivity contribution is -0.122. The van der Waals surface area contributed by atoms with Crippen LogP contribution in [0.2, 0.25) is 0 Å². The van der Waals surface area contributed by atoms with Crippen molar-refractivity contribution in [2.75, 3.05) is 0 Å². The van der Waals surface area contributed by atoms with Crippen LogP contribution in [0, 0.1) is 0 Å². The second kappa shape index (κ2) is 7.70. The Labute approximate surface area is 170 Å². The number of benzene rings is 3. The maximum atomic E-state index is 12.8. The molecule has 3 aromatic carbocycles. The van der Waals surface area contributed by atoms with Crippen LogP contribution in [0.1, 0.15) is 37.1 Å². The summed E-state index contributed by atoms with van der Waals surface area (Å²) in [5.41, 5.74) is 3.19. The highest BCUT2D eigenvalue weighted by molar-refractivity contribution is 5.86. The third-order valence-corrected chi connectivity index (χ3v) is 5.98. The fourth-order valence-electron chi connectivity index (χ4n) is 4.54. The summed E-state index contributed by atoms with van der Waals surface area (Å²) in [7, 11) is 0. The molecule has 1 amide bonds. The third-order valence-electron chi connectivity index (χ3n) is 5.98. The molecular formula is C25H25N3O. The molecule has 0 atom stereocenters. The number of imidazole rings is 1. The van der Waals surface area contributed by atoms with Crippen molar-refractivity contribution in [3.63, 3.8) is 0 Å². The highest BCUT2D eigenvalue weighted by atomic mass is 16.2. The van der Waals surface area contributed by atoms with E-state index >= 15 is 0 Å². The van der Waals surface area contributed by atoms with E-state index < -0.39 is 0 Å². The Hall–Kier alpha value is -3.14. The van der Waals surface area contributed by atoms with Gasteiger partial charge < -0.3 is 9.88 Å². The molecule has 1 saturated carbocycles. The second-order valence-electron chi connectivity index (χ2n) is 7.97. The van der Waals surface area contributed by atoms with Crippen molar-refractivity contribution >= 4 is 27.7 Å². The van der Waals surface area contributed by atoms with Gasteiger partial charge in [-0.2, -0.15) is 0 Å². The number of para-hydroxylation sites is 2. The number of hydrogen-bond acceptors (Lipinski definition) is 2. The first kappa shape index (κ1) is 17.9. The summed E-state index contributed by atoms with van der Waals surface area (Å²) in [4.78, 5) is 17.6. The van der Waals surface area contributed by atoms with Crippen molar-refractivity contribution in [3.8, 4) is 0 Å². The summed E-state index contributed by atoms with van der Waals surface area (Å²) in [5, 5.41) is 5.68. The van der Waals surface area contributed by atoms with Crippen LogP contribution in [0.3, 0.4) is 0 Å². The molecule has 1 N–H and O–H groups in total. The first-order valence-electron chi connectivity index (χ1n) is 10.5. The lowest BCUT2D eigenvalue weighted by atomic mass is 10.0. The lowest BCUT2D eigenvalue weighted by Gasteiger charge is -2.14. The summed E-state index contributed by atoms with van der Waals surface area (Å²) in [6, 6.07) is 23.2. The SMILES string of the molecule is O=C(Cn1c(Cc2cccc3ccccc23)nc2ccccc21)NC1CCCC1. The molecule has 0 bridgehead atoms. The van der Waals surface area contributed by atoms with Gasteiger partial charge in [0.05, 0.1) is 11.0 Å². The van der Waals surface area contributed by atoms with Crippen molar-refractivity contribution in [2.24, 2.45) is 0 Å². The summed E-state index contributed by atoms with van der Waals surface area (Å²) in [5.74, 6) is 1.02. The van der Waals surface area contributed by atoms with Gasteiger partial charge in [-0.25, -0.2) is 4.98 Å². The van der Waals surface area contributed by atoms with Crippen LogP contribution in [0.5, 0.6) is 0 Å². The van der Waals surface area contributed by atoms with E-state index in [9.17, 15) is 4.79 Å². The Balaban J connectivity index is 1.49. The normalized spacial score (nSPS) is 14.6. The van der Waals surface area contributed by atoms with E-state index in [-0.39, 0.29) is 5.91 Å². The summed E-state index contributed by atoms with van der Waals surface area (Å²) >= 11 is 0. The van der Waals surface area contributed by atoms with Gasteiger partial charge in [-0.05, 0) is 41.3 Å². The summed E-state index contributed by atoms with van der Waals surface area (Å²) < 4.78 is 2.08. The maximum absolute atomic E-state index is 12.8. The van der Waals surface area contributed by atoms with Crippen LogP contribution in [0.15, 0.2) is 66.7 Å². The summed E-state index contributed by atoms with van der Waals surface area (Å²) in [6.07, 6.45) is 5.32. The van der Waals surface area contributed by atoms with Crippen LogP contribution >= 0.6 is 0 Å². The van der Waals surface area contributed by atoms with E-state index in [1.807, 2.05) is 18.2 Å². The van der Waals surface area contributed by atoms with Gasteiger partial charge in [0.2, 0.25) is 5.91 Å². The van der Waals surface area contributed by atoms with Crippen molar-refractivity contribution in [1.29, 1.82) is 0 Å². The average molecular weight is 383 g/mol. The average Bonchev–Trinajstić information content (AvgIpc) is 3.37. The van der Waals surface area contributed by atoms with Gasteiger partial charge in [-0.15, -0.1) is 0 Å². The Morgan fingerprint density at radius 1 is 0.966 bits per heavy atom. The Kier molecular flexibility index (Phi) is 4.76. The molecular weight excluding hydrogens is 358 g/mol. The van der Waals surface area contributed by atoms with E-state index in [2.05, 4.69) is 58.4 Å². The molecule has 4 nitrogen and oxygen atoms in total. The number of carbonyl (C=O) groups is 1. The summed E-state index contributed by atoms with van der Waals surface area (Å²) in [6.45, 7) is 0.317. The minimum atomic E-state index is 0.0826. The highest BCUT2D eigenvalue weighted by Crippen LogP contribution is 2.24. The molecule has 1 fully saturated rings. The van der Waals surface area contributed by atoms with Crippen LogP contribution in [-0.2, 0) is 17.8 Å². The van der Waals surface area contributed by atoms with Crippen molar-refractivity contribution < 1.29 is 4.79 Å². The minimum Gasteiger partial charge on any atom is -0.352 e. The topological polar surface area (TPSA) is 46.9 Å². The van der Waals surface area contributed by atoms with E-state index in [0.29, 0.717) is 19.0 Å². The van der Waals surface area contributed by atoms with Gasteiger partial charge in [0, 0.05) is 12.5 Å². The molecule has 146 valence electrons. The number of nitrogens with zero attached hydrogens (tertiary/aromatic N) is 2. The molecule has 0 radical (unpaired) electrons. The zero-order chi connectivity index (χ0) is 19.6. The molecule has 0 aliphatic heterocycles. The van der Waals surface area contributed by atoms with Gasteiger partial charge in [0.1, 0.15) is 12.4 Å². The zero-order valence-electron chi connectivity index (χ0n) is 16.5. The van der Waals surface area contributed by atoms with Crippen LogP contribution in [0.25, 0.3) is 21.8 Å². The van der Waals surface area contributed by atoms with Gasteiger partial charge in [0.25, 0.3) is 0 Å². The molecule has 29 heavy (non-hydrogen) atoms. The van der Waals surface area contributed by atoms with E-state index in [4.69, 9.17) is 4.98 Å². The van der Waals surface area contributed by atoms with Gasteiger partial charge >= 0.3 is 0 Å². The molecule has 5 rings (SSSR count). The molecule has 0 unspecified atom stereocenters. The third kappa shape index (κ3) is 3.63. The largest absolute Gasteiger partial charge is 0.352 e. The number of carbonyl (C=O) groups excluding carboxylic acids is 1. The van der Waals surface area contributed by atoms with Gasteiger partial charge in [-0.1, -0.05) is 67.4 Å². The first-order chi connectivity index (χ1) is 14.3. The van der Waals surface area contributed by atoms with E-state index in [1.165, 1.54) is 29.2 Å². The fraction of sp³-hybridized carbons (Fsp3) is 0.280. The zero-order valence-corrected chi connectivity index (χ0v) is 16.5. The quantitative estimate of drug-likeness (QED) is 0.536. The highest BCUT2D eigenvalue weighted by Gasteiger charge is 2.19. The molecule has 4 aromatic rings. The number of hydrogen-bond donors (Lipinski definition) is 1. The lowest BCUT2D eigenvalue weighted by Crippen LogP contribution is -2.35. The van der Waals surface area contributed by atoms with Crippen molar-refractivity contribution in [1.82, 2.24) is 14.9 Å². The molecule has 1 aromatic heterocycles. The van der Waals surface area contributed by atoms with Gasteiger partial charge in [-0.3, -0.25) is 4.79 Å². The van der Waals surface area contributed by atoms with Crippen LogP contribution in [0.4, 0.5) is 0 Å². The Morgan fingerprint density at radius 2 is 1.72 bits per heavy atom. The van der Waals surface area contributed by atoms with Crippen LogP contribution in [-0.4, -0.2) is 21.5 Å². The van der Waals surface area contributed by atoms with Crippen LogP contribution < -0.4 is 5.32 Å². The maximum Gasteiger partial charge on any atom is 0.240 e. The fourth-order valence-corrected chi connectivity index (χ4v) is 4.54. The number of nitrogens with one attached hydrogen (secondary N) is 1. The number of fused-ring (bicyclic) bond motifs is 2. The second-order valence-corrected chi connectivity index (χ2v) is 7.97. The Bertz CT molecular complexity index is 1170. The number of rotatable bonds is 5.